The normalized spacial score (nSPS) is 11.6. The molecule has 1 N–H and O–H groups in total. The van der Waals surface area contributed by atoms with E-state index in [0.717, 1.165) is 12.8 Å². The molecule has 0 radical (unpaired) electrons. The fourth-order valence-corrected chi connectivity index (χ4v) is 5.77. The lowest BCUT2D eigenvalue weighted by Gasteiger charge is -2.09. The Morgan fingerprint density at radius 3 is 0.606 bits per heavy atom. The van der Waals surface area contributed by atoms with Crippen LogP contribution in [-0.2, 0) is 94.8 Å². The first-order chi connectivity index (χ1) is 35.3. The van der Waals surface area contributed by atoms with Crippen molar-refractivity contribution in [2.75, 3.05) is 251 Å². The maximum absolute atomic E-state index is 11.8. The lowest BCUT2D eigenvalue weighted by atomic mass is 10.1. The van der Waals surface area contributed by atoms with Gasteiger partial charge in [0.1, 0.15) is 6.61 Å². The van der Waals surface area contributed by atoms with E-state index in [-0.39, 0.29) is 19.2 Å². The Morgan fingerprint density at radius 1 is 0.239 bits per heavy atom. The van der Waals surface area contributed by atoms with Gasteiger partial charge in [0.25, 0.3) is 0 Å². The van der Waals surface area contributed by atoms with Crippen LogP contribution in [0, 0.1) is 0 Å². The smallest absolute Gasteiger partial charge is 0.305 e. The molecule has 0 heterocycles. The quantitative estimate of drug-likeness (QED) is 0.0679. The third kappa shape index (κ3) is 66.7. The van der Waals surface area contributed by atoms with Gasteiger partial charge in [-0.25, -0.2) is 0 Å². The molecule has 21 heteroatoms. The van der Waals surface area contributed by atoms with Crippen molar-refractivity contribution in [1.29, 1.82) is 0 Å². The number of carbonyl (C=O) groups is 1. The highest BCUT2D eigenvalue weighted by Crippen LogP contribution is 2.10. The molecule has 71 heavy (non-hydrogen) atoms. The summed E-state index contributed by atoms with van der Waals surface area (Å²) >= 11 is 0. The lowest BCUT2D eigenvalue weighted by molar-refractivity contribution is -0.145. The largest absolute Gasteiger partial charge is 0.463 e. The average molecular weight is 1040 g/mol. The Kier molecular flexibility index (Phi) is 65.5. The van der Waals surface area contributed by atoms with Crippen molar-refractivity contribution in [3.05, 3.63) is 0 Å². The molecular formula is C50H100O21. The van der Waals surface area contributed by atoms with Crippen LogP contribution in [0.3, 0.4) is 0 Å². The van der Waals surface area contributed by atoms with Gasteiger partial charge in [-0.15, -0.1) is 0 Å². The van der Waals surface area contributed by atoms with Crippen LogP contribution in [0.5, 0.6) is 0 Å². The molecule has 0 aliphatic rings. The van der Waals surface area contributed by atoms with Crippen molar-refractivity contribution in [1.82, 2.24) is 0 Å². The molecule has 0 atom stereocenters. The fraction of sp³-hybridized carbons (Fsp3) is 0.980. The van der Waals surface area contributed by atoms with Crippen molar-refractivity contribution in [2.45, 2.75) is 71.1 Å². The van der Waals surface area contributed by atoms with Gasteiger partial charge in [-0.2, -0.15) is 0 Å². The van der Waals surface area contributed by atoms with Gasteiger partial charge in [0.05, 0.1) is 244 Å². The molecule has 0 amide bonds. The highest BCUT2D eigenvalue weighted by molar-refractivity contribution is 5.69. The van der Waals surface area contributed by atoms with Gasteiger partial charge >= 0.3 is 5.97 Å². The van der Waals surface area contributed by atoms with Gasteiger partial charge in [-0.05, 0) is 6.42 Å². The Hall–Kier alpha value is -1.29. The van der Waals surface area contributed by atoms with Gasteiger partial charge in [-0.1, -0.05) is 58.3 Å². The summed E-state index contributed by atoms with van der Waals surface area (Å²) in [6.45, 7) is 19.8. The Labute approximate surface area is 427 Å². The van der Waals surface area contributed by atoms with Gasteiger partial charge < -0.3 is 95.1 Å². The number of unbranched alkanes of at least 4 members (excludes halogenated alkanes) is 8. The van der Waals surface area contributed by atoms with Crippen LogP contribution >= 0.6 is 0 Å². The van der Waals surface area contributed by atoms with Crippen LogP contribution in [0.15, 0.2) is 0 Å². The molecule has 0 aliphatic heterocycles. The van der Waals surface area contributed by atoms with E-state index in [4.69, 9.17) is 95.1 Å². The summed E-state index contributed by atoms with van der Waals surface area (Å²) in [6, 6.07) is 0. The van der Waals surface area contributed by atoms with E-state index in [9.17, 15) is 4.79 Å². The van der Waals surface area contributed by atoms with Gasteiger partial charge in [-0.3, -0.25) is 4.79 Å². The maximum Gasteiger partial charge on any atom is 0.305 e. The molecule has 0 saturated heterocycles. The maximum atomic E-state index is 11.8. The molecule has 21 nitrogen and oxygen atoms in total. The number of ether oxygens (including phenoxy) is 19. The van der Waals surface area contributed by atoms with Crippen LogP contribution in [0.4, 0.5) is 0 Å². The number of esters is 1. The van der Waals surface area contributed by atoms with Crippen molar-refractivity contribution >= 4 is 5.97 Å². The number of hydrogen-bond acceptors (Lipinski definition) is 21. The van der Waals surface area contributed by atoms with Crippen LogP contribution in [0.2, 0.25) is 0 Å². The van der Waals surface area contributed by atoms with Crippen molar-refractivity contribution in [3.63, 3.8) is 0 Å². The zero-order valence-corrected chi connectivity index (χ0v) is 44.1. The summed E-state index contributed by atoms with van der Waals surface area (Å²) in [6.07, 6.45) is 11.5. The third-order valence-corrected chi connectivity index (χ3v) is 9.53. The summed E-state index contributed by atoms with van der Waals surface area (Å²) in [4.78, 5) is 11.8. The topological polar surface area (TPSA) is 213 Å². The number of rotatable bonds is 66. The van der Waals surface area contributed by atoms with Gasteiger partial charge in [0.2, 0.25) is 0 Å². The molecule has 0 unspecified atom stereocenters. The van der Waals surface area contributed by atoms with Crippen LogP contribution in [-0.4, -0.2) is 262 Å². The standard InChI is InChI=1S/C50H100O21/c1-2-3-4-5-6-7-8-9-10-11-50(52)71-49-48-70-47-46-69-45-44-68-43-42-67-41-40-66-39-38-65-37-36-64-35-34-63-33-32-62-31-30-61-29-28-60-27-26-59-25-24-58-23-22-57-21-20-56-19-18-55-17-16-54-15-14-53-13-12-51/h51H,2-49H2,1H3. The van der Waals surface area contributed by atoms with E-state index in [0.29, 0.717) is 244 Å². The second-order valence-electron chi connectivity index (χ2n) is 15.5. The minimum atomic E-state index is -0.142. The SMILES string of the molecule is CCCCCCCCCCCC(=O)OCCOCCOCCOCCOCCOCCOCCOCCOCCOCCOCCOCCOCCOCCOCCOCCOCCOCCOCCO. The molecule has 0 aromatic carbocycles. The minimum Gasteiger partial charge on any atom is -0.463 e. The molecular weight excluding hydrogens is 937 g/mol. The molecule has 0 aliphatic carbocycles. The second-order valence-corrected chi connectivity index (χ2v) is 15.5. The van der Waals surface area contributed by atoms with E-state index < -0.39 is 0 Å². The monoisotopic (exact) mass is 1040 g/mol. The van der Waals surface area contributed by atoms with Crippen molar-refractivity contribution in [3.8, 4) is 0 Å². The molecule has 0 bridgehead atoms. The predicted octanol–water partition coefficient (Wildman–Crippen LogP) is 3.74. The highest BCUT2D eigenvalue weighted by atomic mass is 16.6. The molecule has 0 spiro atoms. The molecule has 0 rings (SSSR count). The first kappa shape index (κ1) is 69.7. The van der Waals surface area contributed by atoms with E-state index >= 15 is 0 Å². The van der Waals surface area contributed by atoms with Crippen molar-refractivity contribution in [2.24, 2.45) is 0 Å². The Bertz CT molecular complexity index is 962. The number of aliphatic hydroxyl groups is 1. The minimum absolute atomic E-state index is 0.0191. The summed E-state index contributed by atoms with van der Waals surface area (Å²) in [5.41, 5.74) is 0. The second kappa shape index (κ2) is 66.7. The van der Waals surface area contributed by atoms with E-state index in [2.05, 4.69) is 6.92 Å². The van der Waals surface area contributed by atoms with E-state index in [1.54, 1.807) is 0 Å². The number of carbonyl (C=O) groups excluding carboxylic acids is 1. The predicted molar refractivity (Wildman–Crippen MR) is 265 cm³/mol. The van der Waals surface area contributed by atoms with Crippen LogP contribution < -0.4 is 0 Å². The number of aliphatic hydroxyl groups excluding tert-OH is 1. The summed E-state index contributed by atoms with van der Waals surface area (Å²) in [7, 11) is 0. The van der Waals surface area contributed by atoms with Crippen LogP contribution in [0.25, 0.3) is 0 Å². The summed E-state index contributed by atoms with van der Waals surface area (Å²) in [5, 5.41) is 8.61. The first-order valence-electron chi connectivity index (χ1n) is 26.5. The molecule has 0 aromatic heterocycles. The number of hydrogen-bond donors (Lipinski definition) is 1. The molecule has 0 fully saturated rings. The lowest BCUT2D eigenvalue weighted by Crippen LogP contribution is -2.16. The van der Waals surface area contributed by atoms with Crippen LogP contribution in [0.1, 0.15) is 71.1 Å². The first-order valence-corrected chi connectivity index (χ1v) is 26.5. The summed E-state index contributed by atoms with van der Waals surface area (Å²) < 4.78 is 104. The Morgan fingerprint density at radius 2 is 0.408 bits per heavy atom. The van der Waals surface area contributed by atoms with Gasteiger partial charge in [0, 0.05) is 6.42 Å². The fourth-order valence-electron chi connectivity index (χ4n) is 5.77. The van der Waals surface area contributed by atoms with Crippen molar-refractivity contribution < 1.29 is 99.9 Å². The third-order valence-electron chi connectivity index (χ3n) is 9.53. The van der Waals surface area contributed by atoms with Gasteiger partial charge in [0.15, 0.2) is 0 Å². The zero-order chi connectivity index (χ0) is 51.0. The zero-order valence-electron chi connectivity index (χ0n) is 44.1. The molecule has 426 valence electrons. The van der Waals surface area contributed by atoms with E-state index in [1.165, 1.54) is 44.9 Å². The summed E-state index contributed by atoms with van der Waals surface area (Å²) in [5.74, 6) is -0.142. The van der Waals surface area contributed by atoms with E-state index in [1.807, 2.05) is 0 Å². The average Bonchev–Trinajstić information content (AvgIpc) is 3.38. The highest BCUT2D eigenvalue weighted by Gasteiger charge is 2.03. The Balaban J connectivity index is 3.10. The molecule has 0 saturated carbocycles. The molecule has 0 aromatic rings.